The topological polar surface area (TPSA) is 63.1 Å². The van der Waals surface area contributed by atoms with Crippen LogP contribution in [0.15, 0.2) is 36.5 Å². The van der Waals surface area contributed by atoms with Crippen molar-refractivity contribution in [1.29, 1.82) is 0 Å². The van der Waals surface area contributed by atoms with E-state index < -0.39 is 0 Å². The van der Waals surface area contributed by atoms with E-state index in [9.17, 15) is 4.79 Å². The predicted molar refractivity (Wildman–Crippen MR) is 109 cm³/mol. The molecule has 1 aromatic carbocycles. The van der Waals surface area contributed by atoms with Crippen molar-refractivity contribution in [1.82, 2.24) is 24.8 Å². The van der Waals surface area contributed by atoms with Gasteiger partial charge in [-0.2, -0.15) is 0 Å². The lowest BCUT2D eigenvalue weighted by Crippen LogP contribution is -2.61. The molecule has 0 unspecified atom stereocenters. The Hall–Kier alpha value is -2.15. The maximum absolute atomic E-state index is 13.3. The largest absolute Gasteiger partial charge is 0.335 e. The summed E-state index contributed by atoms with van der Waals surface area (Å²) in [5.41, 5.74) is 2.28. The van der Waals surface area contributed by atoms with E-state index in [0.717, 1.165) is 44.7 Å². The number of fused-ring (bicyclic) bond motifs is 1. The Morgan fingerprint density at radius 3 is 2.64 bits per heavy atom. The van der Waals surface area contributed by atoms with Crippen LogP contribution in [-0.2, 0) is 0 Å². The Bertz CT molecular complexity index is 1070. The van der Waals surface area contributed by atoms with E-state index in [1.807, 2.05) is 23.1 Å². The van der Waals surface area contributed by atoms with Crippen LogP contribution < -0.4 is 5.32 Å². The number of piperidine rings is 1. The van der Waals surface area contributed by atoms with E-state index in [0.29, 0.717) is 27.0 Å². The molecular weight excluding hydrogens is 397 g/mol. The summed E-state index contributed by atoms with van der Waals surface area (Å²) in [7, 11) is 0. The first-order valence-electron chi connectivity index (χ1n) is 9.35. The molecule has 2 aliphatic rings. The molecule has 5 rings (SSSR count). The second-order valence-electron chi connectivity index (χ2n) is 7.63. The first kappa shape index (κ1) is 17.9. The van der Waals surface area contributed by atoms with Gasteiger partial charge in [-0.15, -0.1) is 0 Å². The highest BCUT2D eigenvalue weighted by molar-refractivity contribution is 6.42. The SMILES string of the molecule is O=C(c1nc2cccnc2n1-c1ccc(Cl)c(Cl)c1)N1CC2(CCNCC2)C1. The third-order valence-electron chi connectivity index (χ3n) is 5.77. The van der Waals surface area contributed by atoms with Crippen molar-refractivity contribution in [2.75, 3.05) is 26.2 Å². The van der Waals surface area contributed by atoms with Gasteiger partial charge in [-0.05, 0) is 56.3 Å². The van der Waals surface area contributed by atoms with Crippen molar-refractivity contribution in [2.45, 2.75) is 12.8 Å². The molecule has 2 aromatic heterocycles. The molecule has 4 heterocycles. The van der Waals surface area contributed by atoms with Gasteiger partial charge in [0.1, 0.15) is 5.52 Å². The molecule has 1 amide bonds. The maximum atomic E-state index is 13.3. The van der Waals surface area contributed by atoms with Crippen LogP contribution in [-0.4, -0.2) is 51.5 Å². The Labute approximate surface area is 172 Å². The van der Waals surface area contributed by atoms with Gasteiger partial charge in [-0.25, -0.2) is 9.97 Å². The van der Waals surface area contributed by atoms with Crippen molar-refractivity contribution in [3.05, 3.63) is 52.4 Å². The molecule has 2 aliphatic heterocycles. The summed E-state index contributed by atoms with van der Waals surface area (Å²) in [6.45, 7) is 3.61. The van der Waals surface area contributed by atoms with Crippen molar-refractivity contribution in [2.24, 2.45) is 5.41 Å². The number of nitrogens with one attached hydrogen (secondary N) is 1. The van der Waals surface area contributed by atoms with Crippen molar-refractivity contribution >= 4 is 40.3 Å². The van der Waals surface area contributed by atoms with Crippen LogP contribution in [0, 0.1) is 5.41 Å². The van der Waals surface area contributed by atoms with E-state index in [2.05, 4.69) is 15.3 Å². The number of hydrogen-bond donors (Lipinski definition) is 1. The number of aromatic nitrogens is 3. The van der Waals surface area contributed by atoms with Crippen LogP contribution in [0.1, 0.15) is 23.5 Å². The van der Waals surface area contributed by atoms with Crippen LogP contribution in [0.4, 0.5) is 0 Å². The lowest BCUT2D eigenvalue weighted by molar-refractivity contribution is -0.0122. The fraction of sp³-hybridized carbons (Fsp3) is 0.350. The number of carbonyl (C=O) groups excluding carboxylic acids is 1. The average Bonchev–Trinajstić information content (AvgIpc) is 3.08. The lowest BCUT2D eigenvalue weighted by Gasteiger charge is -2.52. The normalized spacial score (nSPS) is 18.4. The third kappa shape index (κ3) is 2.87. The van der Waals surface area contributed by atoms with Crippen LogP contribution in [0.25, 0.3) is 16.9 Å². The molecule has 144 valence electrons. The number of nitrogens with zero attached hydrogens (tertiary/aromatic N) is 4. The number of amides is 1. The minimum absolute atomic E-state index is 0.0757. The van der Waals surface area contributed by atoms with Crippen molar-refractivity contribution in [3.8, 4) is 5.69 Å². The van der Waals surface area contributed by atoms with Gasteiger partial charge in [-0.3, -0.25) is 9.36 Å². The van der Waals surface area contributed by atoms with Crippen molar-refractivity contribution < 1.29 is 4.79 Å². The highest BCUT2D eigenvalue weighted by Gasteiger charge is 2.46. The van der Waals surface area contributed by atoms with E-state index in [-0.39, 0.29) is 11.3 Å². The van der Waals surface area contributed by atoms with Gasteiger partial charge >= 0.3 is 0 Å². The number of hydrogen-bond acceptors (Lipinski definition) is 4. The smallest absolute Gasteiger partial charge is 0.290 e. The summed E-state index contributed by atoms with van der Waals surface area (Å²) in [6.07, 6.45) is 3.92. The van der Waals surface area contributed by atoms with Gasteiger partial charge in [0, 0.05) is 24.7 Å². The molecule has 1 spiro atoms. The number of likely N-dealkylation sites (tertiary alicyclic amines) is 1. The third-order valence-corrected chi connectivity index (χ3v) is 6.51. The van der Waals surface area contributed by atoms with E-state index in [1.165, 1.54) is 0 Å². The minimum atomic E-state index is -0.0757. The quantitative estimate of drug-likeness (QED) is 0.694. The molecule has 0 radical (unpaired) electrons. The summed E-state index contributed by atoms with van der Waals surface area (Å²) < 4.78 is 1.77. The van der Waals surface area contributed by atoms with Gasteiger partial charge < -0.3 is 10.2 Å². The monoisotopic (exact) mass is 415 g/mol. The molecule has 28 heavy (non-hydrogen) atoms. The van der Waals surface area contributed by atoms with E-state index in [4.69, 9.17) is 23.2 Å². The van der Waals surface area contributed by atoms with Gasteiger partial charge in [0.25, 0.3) is 5.91 Å². The predicted octanol–water partition coefficient (Wildman–Crippen LogP) is 3.55. The van der Waals surface area contributed by atoms with Gasteiger partial charge in [0.2, 0.25) is 5.82 Å². The number of carbonyl (C=O) groups is 1. The molecule has 0 atom stereocenters. The molecule has 0 aliphatic carbocycles. The van der Waals surface area contributed by atoms with E-state index >= 15 is 0 Å². The Kier molecular flexibility index (Phi) is 4.30. The second-order valence-corrected chi connectivity index (χ2v) is 8.44. The molecular formula is C20H19Cl2N5O. The number of rotatable bonds is 2. The fourth-order valence-corrected chi connectivity index (χ4v) is 4.54. The number of pyridine rings is 1. The number of benzene rings is 1. The summed E-state index contributed by atoms with van der Waals surface area (Å²) in [4.78, 5) is 24.2. The molecule has 6 nitrogen and oxygen atoms in total. The Balaban J connectivity index is 1.54. The average molecular weight is 416 g/mol. The molecule has 2 fully saturated rings. The molecule has 8 heteroatoms. The second kappa shape index (κ2) is 6.72. The zero-order valence-corrected chi connectivity index (χ0v) is 16.7. The van der Waals surface area contributed by atoms with Crippen molar-refractivity contribution in [3.63, 3.8) is 0 Å². The molecule has 0 bridgehead atoms. The summed E-state index contributed by atoms with van der Waals surface area (Å²) in [5, 5.41) is 4.28. The molecule has 1 N–H and O–H groups in total. The standard InChI is InChI=1S/C20H19Cl2N5O/c21-14-4-3-13(10-15(14)22)27-17-16(2-1-7-24-17)25-18(27)19(28)26-11-20(12-26)5-8-23-9-6-20/h1-4,7,10,23H,5-6,8-9,11-12H2. The van der Waals surface area contributed by atoms with Crippen LogP contribution in [0.3, 0.4) is 0 Å². The van der Waals surface area contributed by atoms with Crippen LogP contribution in [0.5, 0.6) is 0 Å². The fourth-order valence-electron chi connectivity index (χ4n) is 4.25. The highest BCUT2D eigenvalue weighted by atomic mass is 35.5. The first-order chi connectivity index (χ1) is 13.6. The lowest BCUT2D eigenvalue weighted by atomic mass is 9.72. The zero-order valence-electron chi connectivity index (χ0n) is 15.2. The Morgan fingerprint density at radius 2 is 1.89 bits per heavy atom. The minimum Gasteiger partial charge on any atom is -0.335 e. The van der Waals surface area contributed by atoms with Gasteiger partial charge in [0.15, 0.2) is 5.65 Å². The van der Waals surface area contributed by atoms with Gasteiger partial charge in [0.05, 0.1) is 15.7 Å². The summed E-state index contributed by atoms with van der Waals surface area (Å²) in [5.74, 6) is 0.282. The summed E-state index contributed by atoms with van der Waals surface area (Å²) >= 11 is 12.3. The zero-order chi connectivity index (χ0) is 19.3. The highest BCUT2D eigenvalue weighted by Crippen LogP contribution is 2.39. The first-order valence-corrected chi connectivity index (χ1v) is 10.1. The molecule has 3 aromatic rings. The summed E-state index contributed by atoms with van der Waals surface area (Å²) in [6, 6.07) is 8.95. The molecule has 0 saturated carbocycles. The maximum Gasteiger partial charge on any atom is 0.290 e. The van der Waals surface area contributed by atoms with Crippen LogP contribution in [0.2, 0.25) is 10.0 Å². The van der Waals surface area contributed by atoms with E-state index in [1.54, 1.807) is 22.9 Å². The van der Waals surface area contributed by atoms with Gasteiger partial charge in [-0.1, -0.05) is 23.2 Å². The number of imidazole rings is 1. The number of halogens is 2. The van der Waals surface area contributed by atoms with Crippen LogP contribution >= 0.6 is 23.2 Å². The molecule has 2 saturated heterocycles. The Morgan fingerprint density at radius 1 is 1.11 bits per heavy atom.